The second-order valence-electron chi connectivity index (χ2n) is 6.17. The van der Waals surface area contributed by atoms with Crippen LogP contribution in [-0.2, 0) is 9.53 Å². The second-order valence-corrected chi connectivity index (χ2v) is 6.17. The first kappa shape index (κ1) is 15.4. The molecule has 0 aromatic rings. The molecule has 4 heteroatoms. The molecule has 0 radical (unpaired) electrons. The highest BCUT2D eigenvalue weighted by molar-refractivity contribution is 5.76. The van der Waals surface area contributed by atoms with Gasteiger partial charge in [-0.25, -0.2) is 0 Å². The molecule has 1 rings (SSSR count). The van der Waals surface area contributed by atoms with E-state index in [1.54, 1.807) is 0 Å². The van der Waals surface area contributed by atoms with Gasteiger partial charge in [0.25, 0.3) is 0 Å². The van der Waals surface area contributed by atoms with Gasteiger partial charge in [-0.05, 0) is 24.2 Å². The summed E-state index contributed by atoms with van der Waals surface area (Å²) in [5.41, 5.74) is 5.66. The van der Waals surface area contributed by atoms with Gasteiger partial charge >= 0.3 is 0 Å². The lowest BCUT2D eigenvalue weighted by Crippen LogP contribution is -2.34. The van der Waals surface area contributed by atoms with E-state index in [4.69, 9.17) is 10.5 Å². The molecule has 2 N–H and O–H groups in total. The molecule has 18 heavy (non-hydrogen) atoms. The monoisotopic (exact) mass is 256 g/mol. The molecule has 1 atom stereocenters. The van der Waals surface area contributed by atoms with E-state index in [0.717, 1.165) is 19.4 Å². The number of likely N-dealkylation sites (tertiary alicyclic amines) is 1. The summed E-state index contributed by atoms with van der Waals surface area (Å²) in [6.45, 7) is 10.1. The summed E-state index contributed by atoms with van der Waals surface area (Å²) in [7, 11) is 0. The molecule has 0 saturated carbocycles. The normalized spacial score (nSPS) is 22.1. The average Bonchev–Trinajstić information content (AvgIpc) is 2.47. The molecule has 1 aliphatic heterocycles. The van der Waals surface area contributed by atoms with Gasteiger partial charge in [0.05, 0.1) is 13.2 Å². The molecule has 1 heterocycles. The fourth-order valence-corrected chi connectivity index (χ4v) is 2.50. The van der Waals surface area contributed by atoms with Gasteiger partial charge in [-0.15, -0.1) is 0 Å². The second kappa shape index (κ2) is 7.10. The van der Waals surface area contributed by atoms with Gasteiger partial charge < -0.3 is 15.4 Å². The fraction of sp³-hybridized carbons (Fsp3) is 0.929. The molecule has 1 unspecified atom stereocenters. The summed E-state index contributed by atoms with van der Waals surface area (Å²) in [5.74, 6) is 0.912. The van der Waals surface area contributed by atoms with Crippen molar-refractivity contribution in [2.75, 3.05) is 32.8 Å². The van der Waals surface area contributed by atoms with Gasteiger partial charge in [-0.2, -0.15) is 0 Å². The molecule has 4 nitrogen and oxygen atoms in total. The van der Waals surface area contributed by atoms with Crippen molar-refractivity contribution in [1.82, 2.24) is 4.90 Å². The standard InChI is InChI=1S/C14H28N2O2/c1-14(2,3)12-4-5-13(17)16(8-6-12)9-11-18-10-7-15/h12H,4-11,15H2,1-3H3. The van der Waals surface area contributed by atoms with Crippen LogP contribution in [0.15, 0.2) is 0 Å². The number of carbonyl (C=O) groups excluding carboxylic acids is 1. The van der Waals surface area contributed by atoms with Crippen LogP contribution >= 0.6 is 0 Å². The van der Waals surface area contributed by atoms with Crippen LogP contribution in [0.5, 0.6) is 0 Å². The lowest BCUT2D eigenvalue weighted by Gasteiger charge is -2.29. The molecule has 0 aromatic heterocycles. The third-order valence-corrected chi connectivity index (χ3v) is 3.80. The van der Waals surface area contributed by atoms with Crippen LogP contribution < -0.4 is 5.73 Å². The molecule has 0 bridgehead atoms. The summed E-state index contributed by atoms with van der Waals surface area (Å²) >= 11 is 0. The molecule has 106 valence electrons. The van der Waals surface area contributed by atoms with E-state index in [1.165, 1.54) is 0 Å². The average molecular weight is 256 g/mol. The maximum absolute atomic E-state index is 12.0. The highest BCUT2D eigenvalue weighted by Crippen LogP contribution is 2.34. The van der Waals surface area contributed by atoms with E-state index in [0.29, 0.717) is 44.1 Å². The molecular weight excluding hydrogens is 228 g/mol. The summed E-state index contributed by atoms with van der Waals surface area (Å²) in [6, 6.07) is 0. The minimum atomic E-state index is 0.276. The third kappa shape index (κ3) is 4.94. The molecule has 1 amide bonds. The predicted octanol–water partition coefficient (Wildman–Crippen LogP) is 1.64. The first-order valence-corrected chi connectivity index (χ1v) is 7.00. The Morgan fingerprint density at radius 1 is 1.33 bits per heavy atom. The van der Waals surface area contributed by atoms with E-state index in [1.807, 2.05) is 4.90 Å². The van der Waals surface area contributed by atoms with Crippen molar-refractivity contribution in [3.05, 3.63) is 0 Å². The molecule has 0 aliphatic carbocycles. The maximum atomic E-state index is 12.0. The van der Waals surface area contributed by atoms with Crippen molar-refractivity contribution >= 4 is 5.91 Å². The van der Waals surface area contributed by atoms with Crippen molar-refractivity contribution in [2.24, 2.45) is 17.1 Å². The minimum Gasteiger partial charge on any atom is -0.378 e. The van der Waals surface area contributed by atoms with Gasteiger partial charge in [0.2, 0.25) is 5.91 Å². The molecule has 1 saturated heterocycles. The zero-order valence-electron chi connectivity index (χ0n) is 12.1. The summed E-state index contributed by atoms with van der Waals surface area (Å²) in [6.07, 6.45) is 2.80. The largest absolute Gasteiger partial charge is 0.378 e. The van der Waals surface area contributed by atoms with E-state index < -0.39 is 0 Å². The summed E-state index contributed by atoms with van der Waals surface area (Å²) in [5, 5.41) is 0. The SMILES string of the molecule is CC(C)(C)C1CCC(=O)N(CCOCCN)CC1. The zero-order valence-corrected chi connectivity index (χ0v) is 12.1. The van der Waals surface area contributed by atoms with Crippen molar-refractivity contribution < 1.29 is 9.53 Å². The smallest absolute Gasteiger partial charge is 0.222 e. The molecule has 1 fully saturated rings. The van der Waals surface area contributed by atoms with Crippen molar-refractivity contribution in [2.45, 2.75) is 40.0 Å². The van der Waals surface area contributed by atoms with Crippen LogP contribution in [0.4, 0.5) is 0 Å². The molecule has 0 aromatic carbocycles. The van der Waals surface area contributed by atoms with Gasteiger partial charge in [-0.3, -0.25) is 4.79 Å². The first-order valence-electron chi connectivity index (χ1n) is 7.00. The highest BCUT2D eigenvalue weighted by atomic mass is 16.5. The predicted molar refractivity (Wildman–Crippen MR) is 73.2 cm³/mol. The van der Waals surface area contributed by atoms with Crippen molar-refractivity contribution in [3.8, 4) is 0 Å². The van der Waals surface area contributed by atoms with Crippen LogP contribution in [0, 0.1) is 11.3 Å². The quantitative estimate of drug-likeness (QED) is 0.761. The third-order valence-electron chi connectivity index (χ3n) is 3.80. The number of rotatable bonds is 5. The zero-order chi connectivity index (χ0) is 13.6. The number of carbonyl (C=O) groups is 1. The van der Waals surface area contributed by atoms with Crippen molar-refractivity contribution in [1.29, 1.82) is 0 Å². The van der Waals surface area contributed by atoms with E-state index in [2.05, 4.69) is 20.8 Å². The lowest BCUT2D eigenvalue weighted by molar-refractivity contribution is -0.131. The maximum Gasteiger partial charge on any atom is 0.222 e. The molecular formula is C14H28N2O2. The van der Waals surface area contributed by atoms with Crippen LogP contribution in [0.2, 0.25) is 0 Å². The Morgan fingerprint density at radius 2 is 2.06 bits per heavy atom. The number of ether oxygens (including phenoxy) is 1. The Kier molecular flexibility index (Phi) is 6.09. The van der Waals surface area contributed by atoms with Gasteiger partial charge in [0, 0.05) is 26.1 Å². The number of nitrogens with zero attached hydrogens (tertiary/aromatic N) is 1. The number of hydrogen-bond donors (Lipinski definition) is 1. The van der Waals surface area contributed by atoms with Crippen molar-refractivity contribution in [3.63, 3.8) is 0 Å². The molecule has 0 spiro atoms. The molecule has 1 aliphatic rings. The van der Waals surface area contributed by atoms with E-state index in [-0.39, 0.29) is 5.91 Å². The van der Waals surface area contributed by atoms with Gasteiger partial charge in [-0.1, -0.05) is 20.8 Å². The lowest BCUT2D eigenvalue weighted by atomic mass is 9.77. The Morgan fingerprint density at radius 3 is 2.67 bits per heavy atom. The first-order chi connectivity index (χ1) is 8.45. The van der Waals surface area contributed by atoms with Gasteiger partial charge in [0.1, 0.15) is 0 Å². The number of hydrogen-bond acceptors (Lipinski definition) is 3. The number of nitrogens with two attached hydrogens (primary N) is 1. The Balaban J connectivity index is 2.39. The topological polar surface area (TPSA) is 55.6 Å². The van der Waals surface area contributed by atoms with Gasteiger partial charge in [0.15, 0.2) is 0 Å². The van der Waals surface area contributed by atoms with Crippen LogP contribution in [0.3, 0.4) is 0 Å². The Bertz CT molecular complexity index is 261. The fourth-order valence-electron chi connectivity index (χ4n) is 2.50. The highest BCUT2D eigenvalue weighted by Gasteiger charge is 2.29. The van der Waals surface area contributed by atoms with Crippen LogP contribution in [-0.4, -0.2) is 43.7 Å². The van der Waals surface area contributed by atoms with Crippen LogP contribution in [0.1, 0.15) is 40.0 Å². The van der Waals surface area contributed by atoms with E-state index in [9.17, 15) is 4.79 Å². The summed E-state index contributed by atoms with van der Waals surface area (Å²) < 4.78 is 5.35. The Labute approximate surface area is 111 Å². The summed E-state index contributed by atoms with van der Waals surface area (Å²) in [4.78, 5) is 13.9. The minimum absolute atomic E-state index is 0.276. The van der Waals surface area contributed by atoms with E-state index >= 15 is 0 Å². The van der Waals surface area contributed by atoms with Crippen LogP contribution in [0.25, 0.3) is 0 Å². The Hall–Kier alpha value is -0.610. The number of amides is 1.